The molecule has 142 valence electrons. The summed E-state index contributed by atoms with van der Waals surface area (Å²) < 4.78 is 0. The van der Waals surface area contributed by atoms with E-state index < -0.39 is 12.0 Å². The molecular weight excluding hydrogens is 302 g/mol. The minimum Gasteiger partial charge on any atom is -0.480 e. The summed E-state index contributed by atoms with van der Waals surface area (Å²) in [4.78, 5) is 21.9. The van der Waals surface area contributed by atoms with Crippen molar-refractivity contribution in [2.45, 2.75) is 116 Å². The van der Waals surface area contributed by atoms with Crippen LogP contribution in [0.2, 0.25) is 0 Å². The summed E-state index contributed by atoms with van der Waals surface area (Å²) in [6, 6.07) is -0.722. The van der Waals surface area contributed by atoms with Gasteiger partial charge >= 0.3 is 5.97 Å². The Hall–Kier alpha value is -1.06. The van der Waals surface area contributed by atoms with Crippen LogP contribution in [0, 0.1) is 0 Å². The van der Waals surface area contributed by atoms with Crippen LogP contribution in [0.25, 0.3) is 0 Å². The molecule has 0 spiro atoms. The van der Waals surface area contributed by atoms with Gasteiger partial charge in [0, 0.05) is 6.92 Å². The number of unbranched alkanes of at least 4 members (excludes halogenated alkanes) is 13. The van der Waals surface area contributed by atoms with Gasteiger partial charge in [-0.25, -0.2) is 4.79 Å². The molecule has 0 rings (SSSR count). The van der Waals surface area contributed by atoms with Crippen molar-refractivity contribution in [3.8, 4) is 0 Å². The zero-order chi connectivity index (χ0) is 18.0. The second-order valence-electron chi connectivity index (χ2n) is 6.98. The summed E-state index contributed by atoms with van der Waals surface area (Å²) in [6.07, 6.45) is 18.6. The van der Waals surface area contributed by atoms with Gasteiger partial charge in [0.05, 0.1) is 0 Å². The first-order chi connectivity index (χ1) is 11.6. The van der Waals surface area contributed by atoms with Gasteiger partial charge in [-0.2, -0.15) is 0 Å². The number of carbonyl (C=O) groups is 2. The van der Waals surface area contributed by atoms with Crippen molar-refractivity contribution in [1.82, 2.24) is 5.32 Å². The first-order valence-corrected chi connectivity index (χ1v) is 10.1. The lowest BCUT2D eigenvalue weighted by molar-refractivity contribution is -0.141. The topological polar surface area (TPSA) is 66.4 Å². The molecule has 0 aromatic rings. The van der Waals surface area contributed by atoms with E-state index in [4.69, 9.17) is 5.11 Å². The molecule has 0 heterocycles. The first kappa shape index (κ1) is 22.9. The van der Waals surface area contributed by atoms with Crippen molar-refractivity contribution >= 4 is 11.9 Å². The van der Waals surface area contributed by atoms with Crippen LogP contribution in [0.5, 0.6) is 0 Å². The number of carboxylic acids is 1. The highest BCUT2D eigenvalue weighted by Gasteiger charge is 2.17. The molecule has 4 heteroatoms. The van der Waals surface area contributed by atoms with E-state index in [1.165, 1.54) is 84.0 Å². The molecule has 0 saturated heterocycles. The Bertz CT molecular complexity index is 318. The Morgan fingerprint density at radius 1 is 0.750 bits per heavy atom. The smallest absolute Gasteiger partial charge is 0.326 e. The quantitative estimate of drug-likeness (QED) is 0.346. The predicted molar refractivity (Wildman–Crippen MR) is 100 cm³/mol. The summed E-state index contributed by atoms with van der Waals surface area (Å²) in [7, 11) is 0. The number of aliphatic carboxylic acids is 1. The fraction of sp³-hybridized carbons (Fsp3) is 0.900. The normalized spacial score (nSPS) is 12.1. The third kappa shape index (κ3) is 15.8. The van der Waals surface area contributed by atoms with Gasteiger partial charge in [0.15, 0.2) is 0 Å². The monoisotopic (exact) mass is 341 g/mol. The Labute approximate surface area is 148 Å². The van der Waals surface area contributed by atoms with Crippen molar-refractivity contribution in [3.05, 3.63) is 0 Å². The summed E-state index contributed by atoms with van der Waals surface area (Å²) in [6.45, 7) is 3.62. The van der Waals surface area contributed by atoms with E-state index in [1.807, 2.05) is 0 Å². The lowest BCUT2D eigenvalue weighted by Gasteiger charge is -2.12. The Balaban J connectivity index is 3.30. The Kier molecular flexibility index (Phi) is 16.0. The molecule has 1 amide bonds. The molecule has 0 aromatic carbocycles. The molecule has 4 nitrogen and oxygen atoms in total. The molecule has 0 bridgehead atoms. The van der Waals surface area contributed by atoms with Crippen molar-refractivity contribution < 1.29 is 14.7 Å². The maximum atomic E-state index is 11.0. The number of hydrogen-bond acceptors (Lipinski definition) is 2. The number of hydrogen-bond donors (Lipinski definition) is 2. The zero-order valence-electron chi connectivity index (χ0n) is 15.9. The molecule has 0 radical (unpaired) electrons. The van der Waals surface area contributed by atoms with Crippen molar-refractivity contribution in [2.75, 3.05) is 0 Å². The van der Waals surface area contributed by atoms with Gasteiger partial charge in [-0.05, 0) is 6.42 Å². The Morgan fingerprint density at radius 3 is 1.46 bits per heavy atom. The number of nitrogens with one attached hydrogen (secondary N) is 1. The third-order valence-corrected chi connectivity index (χ3v) is 4.52. The fourth-order valence-electron chi connectivity index (χ4n) is 3.05. The van der Waals surface area contributed by atoms with Gasteiger partial charge in [-0.3, -0.25) is 4.79 Å². The maximum Gasteiger partial charge on any atom is 0.326 e. The summed E-state index contributed by atoms with van der Waals surface area (Å²) in [5.41, 5.74) is 0. The van der Waals surface area contributed by atoms with Gasteiger partial charge in [-0.15, -0.1) is 0 Å². The van der Waals surface area contributed by atoms with Crippen LogP contribution in [-0.4, -0.2) is 23.0 Å². The van der Waals surface area contributed by atoms with Crippen LogP contribution < -0.4 is 5.32 Å². The zero-order valence-corrected chi connectivity index (χ0v) is 15.9. The van der Waals surface area contributed by atoms with Crippen molar-refractivity contribution in [1.29, 1.82) is 0 Å². The highest BCUT2D eigenvalue weighted by atomic mass is 16.4. The number of carbonyl (C=O) groups excluding carboxylic acids is 1. The summed E-state index contributed by atoms with van der Waals surface area (Å²) in [5, 5.41) is 11.5. The SMILES string of the molecule is CCCCCCCCCCCCCCCCC(NC(C)=O)C(=O)O. The average molecular weight is 342 g/mol. The number of carboxylic acid groups (broad SMARTS) is 1. The number of amides is 1. The van der Waals surface area contributed by atoms with Gasteiger partial charge in [0.25, 0.3) is 0 Å². The maximum absolute atomic E-state index is 11.0. The van der Waals surface area contributed by atoms with Gasteiger partial charge in [-0.1, -0.05) is 96.8 Å². The third-order valence-electron chi connectivity index (χ3n) is 4.52. The van der Waals surface area contributed by atoms with Crippen LogP contribution in [0.4, 0.5) is 0 Å². The van der Waals surface area contributed by atoms with E-state index in [-0.39, 0.29) is 5.91 Å². The van der Waals surface area contributed by atoms with Crippen LogP contribution in [0.1, 0.15) is 110 Å². The molecule has 1 atom stereocenters. The van der Waals surface area contributed by atoms with Gasteiger partial charge in [0.2, 0.25) is 5.91 Å². The first-order valence-electron chi connectivity index (χ1n) is 10.1. The highest BCUT2D eigenvalue weighted by molar-refractivity contribution is 5.81. The summed E-state index contributed by atoms with van der Waals surface area (Å²) in [5.74, 6) is -1.20. The second-order valence-corrected chi connectivity index (χ2v) is 6.98. The van der Waals surface area contributed by atoms with Crippen molar-refractivity contribution in [2.24, 2.45) is 0 Å². The van der Waals surface area contributed by atoms with Crippen LogP contribution in [0.15, 0.2) is 0 Å². The standard InChI is InChI=1S/C20H39NO3/c1-3-4-5-6-7-8-9-10-11-12-13-14-15-16-17-19(20(23)24)21-18(2)22/h19H,3-17H2,1-2H3,(H,21,22)(H,23,24). The molecule has 1 unspecified atom stereocenters. The molecule has 2 N–H and O–H groups in total. The van der Waals surface area contributed by atoms with Gasteiger partial charge in [0.1, 0.15) is 6.04 Å². The number of rotatable bonds is 17. The minimum atomic E-state index is -0.931. The van der Waals surface area contributed by atoms with E-state index in [1.54, 1.807) is 0 Å². The second kappa shape index (κ2) is 16.8. The molecular formula is C20H39NO3. The molecule has 0 aliphatic carbocycles. The fourth-order valence-corrected chi connectivity index (χ4v) is 3.05. The van der Waals surface area contributed by atoms with E-state index in [9.17, 15) is 9.59 Å². The van der Waals surface area contributed by atoms with E-state index >= 15 is 0 Å². The predicted octanol–water partition coefficient (Wildman–Crippen LogP) is 5.45. The molecule has 24 heavy (non-hydrogen) atoms. The van der Waals surface area contributed by atoms with Crippen LogP contribution >= 0.6 is 0 Å². The molecule has 0 aliphatic rings. The van der Waals surface area contributed by atoms with Gasteiger partial charge < -0.3 is 10.4 Å². The molecule has 0 aromatic heterocycles. The highest BCUT2D eigenvalue weighted by Crippen LogP contribution is 2.13. The van der Waals surface area contributed by atoms with E-state index in [2.05, 4.69) is 12.2 Å². The van der Waals surface area contributed by atoms with Crippen molar-refractivity contribution in [3.63, 3.8) is 0 Å². The summed E-state index contributed by atoms with van der Waals surface area (Å²) >= 11 is 0. The largest absolute Gasteiger partial charge is 0.480 e. The van der Waals surface area contributed by atoms with E-state index in [0.717, 1.165) is 12.8 Å². The Morgan fingerprint density at radius 2 is 1.12 bits per heavy atom. The van der Waals surface area contributed by atoms with E-state index in [0.29, 0.717) is 6.42 Å². The van der Waals surface area contributed by atoms with Crippen LogP contribution in [-0.2, 0) is 9.59 Å². The average Bonchev–Trinajstić information content (AvgIpc) is 2.53. The minimum absolute atomic E-state index is 0.271. The molecule has 0 aliphatic heterocycles. The lowest BCUT2D eigenvalue weighted by atomic mass is 10.0. The van der Waals surface area contributed by atoms with Crippen LogP contribution in [0.3, 0.4) is 0 Å². The molecule has 0 fully saturated rings. The lowest BCUT2D eigenvalue weighted by Crippen LogP contribution is -2.39. The molecule has 0 saturated carbocycles.